The SMILES string of the molecule is O=C(NCCc1c[nH]c2ccccc12)c1cc(NCc2ccccc2)ccn1. The number of rotatable bonds is 7. The molecule has 0 spiro atoms. The van der Waals surface area contributed by atoms with E-state index in [1.54, 1.807) is 12.3 Å². The summed E-state index contributed by atoms with van der Waals surface area (Å²) < 4.78 is 0. The molecule has 0 fully saturated rings. The van der Waals surface area contributed by atoms with Crippen molar-refractivity contribution in [2.24, 2.45) is 0 Å². The van der Waals surface area contributed by atoms with E-state index in [0.29, 0.717) is 18.8 Å². The molecule has 2 aromatic heterocycles. The summed E-state index contributed by atoms with van der Waals surface area (Å²) in [5.74, 6) is -0.164. The van der Waals surface area contributed by atoms with E-state index >= 15 is 0 Å². The van der Waals surface area contributed by atoms with Crippen LogP contribution in [0.5, 0.6) is 0 Å². The molecule has 5 heteroatoms. The monoisotopic (exact) mass is 370 g/mol. The van der Waals surface area contributed by atoms with Crippen LogP contribution < -0.4 is 10.6 Å². The van der Waals surface area contributed by atoms with Gasteiger partial charge >= 0.3 is 0 Å². The van der Waals surface area contributed by atoms with Crippen molar-refractivity contribution in [3.8, 4) is 0 Å². The third-order valence-electron chi connectivity index (χ3n) is 4.69. The number of fused-ring (bicyclic) bond motifs is 1. The number of hydrogen-bond donors (Lipinski definition) is 3. The maximum atomic E-state index is 12.5. The zero-order chi connectivity index (χ0) is 19.2. The molecule has 0 unspecified atom stereocenters. The number of hydrogen-bond acceptors (Lipinski definition) is 3. The minimum absolute atomic E-state index is 0.164. The second-order valence-corrected chi connectivity index (χ2v) is 6.63. The zero-order valence-corrected chi connectivity index (χ0v) is 15.5. The lowest BCUT2D eigenvalue weighted by Crippen LogP contribution is -2.26. The molecule has 0 atom stereocenters. The maximum absolute atomic E-state index is 12.5. The van der Waals surface area contributed by atoms with Crippen molar-refractivity contribution >= 4 is 22.5 Å². The largest absolute Gasteiger partial charge is 0.381 e. The van der Waals surface area contributed by atoms with Crippen molar-refractivity contribution in [2.75, 3.05) is 11.9 Å². The predicted molar refractivity (Wildman–Crippen MR) is 112 cm³/mol. The van der Waals surface area contributed by atoms with Gasteiger partial charge in [0, 0.05) is 42.1 Å². The Morgan fingerprint density at radius 3 is 2.71 bits per heavy atom. The molecule has 2 aromatic carbocycles. The average molecular weight is 370 g/mol. The van der Waals surface area contributed by atoms with Crippen LogP contribution in [0.4, 0.5) is 5.69 Å². The highest BCUT2D eigenvalue weighted by molar-refractivity contribution is 5.93. The lowest BCUT2D eigenvalue weighted by atomic mass is 10.1. The number of aromatic nitrogens is 2. The molecule has 4 rings (SSSR count). The molecular weight excluding hydrogens is 348 g/mol. The first-order valence-corrected chi connectivity index (χ1v) is 9.36. The molecule has 140 valence electrons. The van der Waals surface area contributed by atoms with Crippen molar-refractivity contribution in [1.82, 2.24) is 15.3 Å². The molecule has 0 saturated carbocycles. The molecule has 5 nitrogen and oxygen atoms in total. The number of carbonyl (C=O) groups is 1. The normalized spacial score (nSPS) is 10.7. The summed E-state index contributed by atoms with van der Waals surface area (Å²) in [6, 6.07) is 22.0. The standard InChI is InChI=1S/C23H22N4O/c28-23(25-12-10-18-16-27-21-9-5-4-8-20(18)21)22-14-19(11-13-24-22)26-15-17-6-2-1-3-7-17/h1-9,11,13-14,16,27H,10,12,15H2,(H,24,26)(H,25,28). The second kappa shape index (κ2) is 8.39. The number of benzene rings is 2. The number of H-pyrrole nitrogens is 1. The van der Waals surface area contributed by atoms with Gasteiger partial charge in [-0.25, -0.2) is 0 Å². The van der Waals surface area contributed by atoms with Crippen molar-refractivity contribution in [3.05, 3.63) is 95.9 Å². The third-order valence-corrected chi connectivity index (χ3v) is 4.69. The molecule has 0 radical (unpaired) electrons. The van der Waals surface area contributed by atoms with Crippen LogP contribution in [0.2, 0.25) is 0 Å². The van der Waals surface area contributed by atoms with Crippen LogP contribution >= 0.6 is 0 Å². The topological polar surface area (TPSA) is 69.8 Å². The molecule has 0 bridgehead atoms. The van der Waals surface area contributed by atoms with E-state index in [1.807, 2.05) is 42.6 Å². The summed E-state index contributed by atoms with van der Waals surface area (Å²) in [6.45, 7) is 1.26. The molecule has 4 aromatic rings. The Labute approximate surface area is 163 Å². The van der Waals surface area contributed by atoms with Crippen molar-refractivity contribution < 1.29 is 4.79 Å². The summed E-state index contributed by atoms with van der Waals surface area (Å²) in [6.07, 6.45) is 4.42. The van der Waals surface area contributed by atoms with Gasteiger partial charge < -0.3 is 15.6 Å². The fourth-order valence-electron chi connectivity index (χ4n) is 3.20. The predicted octanol–water partition coefficient (Wildman–Crippen LogP) is 4.15. The summed E-state index contributed by atoms with van der Waals surface area (Å²) in [5, 5.41) is 7.49. The first kappa shape index (κ1) is 17.8. The lowest BCUT2D eigenvalue weighted by Gasteiger charge is -2.09. The van der Waals surface area contributed by atoms with E-state index in [9.17, 15) is 4.79 Å². The molecule has 0 aliphatic heterocycles. The summed E-state index contributed by atoms with van der Waals surface area (Å²) in [4.78, 5) is 19.9. The quantitative estimate of drug-likeness (QED) is 0.458. The first-order valence-electron chi connectivity index (χ1n) is 9.36. The molecule has 0 aliphatic carbocycles. The Kier molecular flexibility index (Phi) is 5.33. The van der Waals surface area contributed by atoms with Gasteiger partial charge in [0.1, 0.15) is 5.69 Å². The van der Waals surface area contributed by atoms with Crippen molar-refractivity contribution in [2.45, 2.75) is 13.0 Å². The van der Waals surface area contributed by atoms with Crippen LogP contribution in [0.25, 0.3) is 10.9 Å². The number of amides is 1. The summed E-state index contributed by atoms with van der Waals surface area (Å²) >= 11 is 0. The van der Waals surface area contributed by atoms with Gasteiger partial charge in [0.15, 0.2) is 0 Å². The van der Waals surface area contributed by atoms with Gasteiger partial charge in [-0.15, -0.1) is 0 Å². The van der Waals surface area contributed by atoms with E-state index in [4.69, 9.17) is 0 Å². The number of anilines is 1. The second-order valence-electron chi connectivity index (χ2n) is 6.63. The molecule has 0 aliphatic rings. The Bertz CT molecular complexity index is 1070. The van der Waals surface area contributed by atoms with Crippen LogP contribution in [-0.2, 0) is 13.0 Å². The number of nitrogens with zero attached hydrogens (tertiary/aromatic N) is 1. The van der Waals surface area contributed by atoms with Gasteiger partial charge in [-0.3, -0.25) is 9.78 Å². The van der Waals surface area contributed by atoms with Gasteiger partial charge in [0.2, 0.25) is 0 Å². The molecule has 3 N–H and O–H groups in total. The van der Waals surface area contributed by atoms with Gasteiger partial charge in [-0.2, -0.15) is 0 Å². The van der Waals surface area contributed by atoms with E-state index in [1.165, 1.54) is 16.5 Å². The first-order chi connectivity index (χ1) is 13.8. The highest BCUT2D eigenvalue weighted by Gasteiger charge is 2.09. The molecule has 28 heavy (non-hydrogen) atoms. The minimum atomic E-state index is -0.164. The van der Waals surface area contributed by atoms with Crippen molar-refractivity contribution in [3.63, 3.8) is 0 Å². The third kappa shape index (κ3) is 4.20. The number of nitrogens with one attached hydrogen (secondary N) is 3. The number of aromatic amines is 1. The highest BCUT2D eigenvalue weighted by atomic mass is 16.1. The van der Waals surface area contributed by atoms with E-state index in [2.05, 4.69) is 44.9 Å². The Morgan fingerprint density at radius 2 is 1.82 bits per heavy atom. The van der Waals surface area contributed by atoms with E-state index in [-0.39, 0.29) is 5.91 Å². The van der Waals surface area contributed by atoms with Crippen molar-refractivity contribution in [1.29, 1.82) is 0 Å². The smallest absolute Gasteiger partial charge is 0.269 e. The summed E-state index contributed by atoms with van der Waals surface area (Å²) in [7, 11) is 0. The zero-order valence-electron chi connectivity index (χ0n) is 15.5. The van der Waals surface area contributed by atoms with Gasteiger partial charge in [-0.1, -0.05) is 48.5 Å². The fourth-order valence-corrected chi connectivity index (χ4v) is 3.20. The fraction of sp³-hybridized carbons (Fsp3) is 0.130. The molecular formula is C23H22N4O. The van der Waals surface area contributed by atoms with Gasteiger partial charge in [0.05, 0.1) is 0 Å². The maximum Gasteiger partial charge on any atom is 0.269 e. The number of pyridine rings is 1. The van der Waals surface area contributed by atoms with E-state index in [0.717, 1.165) is 17.6 Å². The van der Waals surface area contributed by atoms with Crippen LogP contribution in [-0.4, -0.2) is 22.4 Å². The number of para-hydroxylation sites is 1. The Hall–Kier alpha value is -3.60. The van der Waals surface area contributed by atoms with E-state index < -0.39 is 0 Å². The Morgan fingerprint density at radius 1 is 1.00 bits per heavy atom. The molecule has 2 heterocycles. The Balaban J connectivity index is 1.33. The molecule has 0 saturated heterocycles. The van der Waals surface area contributed by atoms with Crippen LogP contribution in [0, 0.1) is 0 Å². The van der Waals surface area contributed by atoms with Crippen LogP contribution in [0.1, 0.15) is 21.6 Å². The van der Waals surface area contributed by atoms with Gasteiger partial charge in [-0.05, 0) is 35.7 Å². The van der Waals surface area contributed by atoms with Crippen LogP contribution in [0.3, 0.4) is 0 Å². The highest BCUT2D eigenvalue weighted by Crippen LogP contribution is 2.17. The van der Waals surface area contributed by atoms with Crippen LogP contribution in [0.15, 0.2) is 79.1 Å². The number of carbonyl (C=O) groups excluding carboxylic acids is 1. The average Bonchev–Trinajstić information content (AvgIpc) is 3.16. The van der Waals surface area contributed by atoms with Gasteiger partial charge in [0.25, 0.3) is 5.91 Å². The summed E-state index contributed by atoms with van der Waals surface area (Å²) in [5.41, 5.74) is 4.78. The lowest BCUT2D eigenvalue weighted by molar-refractivity contribution is 0.0949. The molecule has 1 amide bonds. The minimum Gasteiger partial charge on any atom is -0.381 e.